The molecular weight excluding hydrogens is 240 g/mol. The Kier molecular flexibility index (Phi) is 3.97. The lowest BCUT2D eigenvalue weighted by Crippen LogP contribution is -2.21. The summed E-state index contributed by atoms with van der Waals surface area (Å²) in [4.78, 5) is 0. The fourth-order valence-electron chi connectivity index (χ4n) is 2.12. The van der Waals surface area contributed by atoms with Crippen LogP contribution in [0.5, 0.6) is 0 Å². The number of aryl methyl sites for hydroxylation is 1. The van der Waals surface area contributed by atoms with E-state index in [0.717, 1.165) is 12.8 Å². The minimum atomic E-state index is 0.179. The molecule has 2 rings (SSSR count). The molecule has 18 heavy (non-hydrogen) atoms. The van der Waals surface area contributed by atoms with Gasteiger partial charge in [0.25, 0.3) is 0 Å². The van der Waals surface area contributed by atoms with E-state index in [1.165, 1.54) is 16.3 Å². The number of fused-ring (bicyclic) bond motifs is 1. The predicted octanol–water partition coefficient (Wildman–Crippen LogP) is 5.43. The van der Waals surface area contributed by atoms with Crippen LogP contribution in [0.4, 0.5) is 0 Å². The topological polar surface area (TPSA) is 0 Å². The summed E-state index contributed by atoms with van der Waals surface area (Å²) in [6, 6.07) is 15.2. The number of rotatable bonds is 3. The highest BCUT2D eigenvalue weighted by Gasteiger charge is 2.21. The second kappa shape index (κ2) is 5.32. The van der Waals surface area contributed by atoms with Gasteiger partial charge in [0, 0.05) is 5.38 Å². The third kappa shape index (κ3) is 3.26. The van der Waals surface area contributed by atoms with Crippen LogP contribution in [0.3, 0.4) is 0 Å². The standard InChI is InChI=1S/C17H21Cl/c1-17(2,3)16(18)11-9-13-8-10-14-6-4-5-7-15(14)12-13/h4-8,10,12,16H,9,11H2,1-3H3. The summed E-state index contributed by atoms with van der Waals surface area (Å²) in [6.45, 7) is 6.60. The first kappa shape index (κ1) is 13.4. The highest BCUT2D eigenvalue weighted by atomic mass is 35.5. The predicted molar refractivity (Wildman–Crippen MR) is 81.4 cm³/mol. The van der Waals surface area contributed by atoms with E-state index in [1.807, 2.05) is 0 Å². The van der Waals surface area contributed by atoms with Crippen LogP contribution >= 0.6 is 11.6 Å². The van der Waals surface area contributed by atoms with Crippen LogP contribution in [-0.2, 0) is 6.42 Å². The largest absolute Gasteiger partial charge is 0.122 e. The highest BCUT2D eigenvalue weighted by molar-refractivity contribution is 6.21. The SMILES string of the molecule is CC(C)(C)C(Cl)CCc1ccc2ccccc2c1. The average molecular weight is 261 g/mol. The van der Waals surface area contributed by atoms with Gasteiger partial charge in [0.15, 0.2) is 0 Å². The van der Waals surface area contributed by atoms with E-state index in [9.17, 15) is 0 Å². The Morgan fingerprint density at radius 3 is 2.33 bits per heavy atom. The van der Waals surface area contributed by atoms with E-state index < -0.39 is 0 Å². The minimum absolute atomic E-state index is 0.179. The molecule has 0 fully saturated rings. The van der Waals surface area contributed by atoms with Crippen LogP contribution in [0.15, 0.2) is 42.5 Å². The summed E-state index contributed by atoms with van der Waals surface area (Å²) < 4.78 is 0. The summed E-state index contributed by atoms with van der Waals surface area (Å²) in [5, 5.41) is 2.85. The van der Waals surface area contributed by atoms with Gasteiger partial charge in [-0.2, -0.15) is 0 Å². The Morgan fingerprint density at radius 1 is 1.00 bits per heavy atom. The van der Waals surface area contributed by atoms with Crippen molar-refractivity contribution in [3.05, 3.63) is 48.0 Å². The normalized spacial score (nSPS) is 13.8. The second-order valence-corrected chi connectivity index (χ2v) is 6.58. The molecular formula is C17H21Cl. The molecule has 96 valence electrons. The maximum Gasteiger partial charge on any atom is 0.0387 e. The van der Waals surface area contributed by atoms with Gasteiger partial charge >= 0.3 is 0 Å². The smallest absolute Gasteiger partial charge is 0.0387 e. The molecule has 0 nitrogen and oxygen atoms in total. The lowest BCUT2D eigenvalue weighted by molar-refractivity contribution is 0.374. The van der Waals surface area contributed by atoms with Crippen molar-refractivity contribution in [2.75, 3.05) is 0 Å². The summed E-state index contributed by atoms with van der Waals surface area (Å²) in [5.41, 5.74) is 1.56. The number of hydrogen-bond acceptors (Lipinski definition) is 0. The third-order valence-electron chi connectivity index (χ3n) is 3.44. The molecule has 0 aliphatic rings. The molecule has 2 aromatic carbocycles. The van der Waals surface area contributed by atoms with Gasteiger partial charge in [-0.05, 0) is 34.6 Å². The maximum atomic E-state index is 6.43. The minimum Gasteiger partial charge on any atom is -0.122 e. The monoisotopic (exact) mass is 260 g/mol. The number of halogens is 1. The van der Waals surface area contributed by atoms with Crippen LogP contribution in [-0.4, -0.2) is 5.38 Å². The van der Waals surface area contributed by atoms with Crippen molar-refractivity contribution in [3.8, 4) is 0 Å². The second-order valence-electron chi connectivity index (χ2n) is 6.05. The van der Waals surface area contributed by atoms with Crippen molar-refractivity contribution in [2.45, 2.75) is 39.0 Å². The fraction of sp³-hybridized carbons (Fsp3) is 0.412. The molecule has 0 bridgehead atoms. The van der Waals surface area contributed by atoms with Crippen molar-refractivity contribution in [2.24, 2.45) is 5.41 Å². The molecule has 2 aromatic rings. The van der Waals surface area contributed by atoms with Gasteiger partial charge in [-0.25, -0.2) is 0 Å². The zero-order valence-electron chi connectivity index (χ0n) is 11.4. The van der Waals surface area contributed by atoms with E-state index in [2.05, 4.69) is 63.2 Å². The quantitative estimate of drug-likeness (QED) is 0.646. The molecule has 1 unspecified atom stereocenters. The Bertz CT molecular complexity index is 522. The lowest BCUT2D eigenvalue weighted by atomic mass is 9.88. The van der Waals surface area contributed by atoms with Gasteiger partial charge in [-0.1, -0.05) is 63.2 Å². The van der Waals surface area contributed by atoms with Crippen LogP contribution in [0.1, 0.15) is 32.8 Å². The van der Waals surface area contributed by atoms with E-state index in [4.69, 9.17) is 11.6 Å². The molecule has 1 atom stereocenters. The first-order chi connectivity index (χ1) is 8.47. The number of hydrogen-bond donors (Lipinski definition) is 0. The molecule has 0 N–H and O–H groups in total. The van der Waals surface area contributed by atoms with Gasteiger partial charge in [0.05, 0.1) is 0 Å². The van der Waals surface area contributed by atoms with E-state index in [0.29, 0.717) is 0 Å². The zero-order chi connectivity index (χ0) is 13.2. The van der Waals surface area contributed by atoms with E-state index in [1.54, 1.807) is 0 Å². The van der Waals surface area contributed by atoms with E-state index >= 15 is 0 Å². The van der Waals surface area contributed by atoms with Crippen LogP contribution in [0.25, 0.3) is 10.8 Å². The first-order valence-electron chi connectivity index (χ1n) is 6.58. The van der Waals surface area contributed by atoms with Gasteiger partial charge in [0.1, 0.15) is 0 Å². The molecule has 1 heteroatoms. The molecule has 0 aliphatic carbocycles. The molecule has 0 amide bonds. The molecule has 0 radical (unpaired) electrons. The van der Waals surface area contributed by atoms with Gasteiger partial charge in [0.2, 0.25) is 0 Å². The van der Waals surface area contributed by atoms with Crippen molar-refractivity contribution < 1.29 is 0 Å². The maximum absolute atomic E-state index is 6.43. The highest BCUT2D eigenvalue weighted by Crippen LogP contribution is 2.28. The average Bonchev–Trinajstić information content (AvgIpc) is 2.34. The van der Waals surface area contributed by atoms with Crippen molar-refractivity contribution in [3.63, 3.8) is 0 Å². The molecule has 0 aliphatic heterocycles. The molecule has 0 saturated heterocycles. The first-order valence-corrected chi connectivity index (χ1v) is 7.02. The van der Waals surface area contributed by atoms with Gasteiger partial charge in [-0.3, -0.25) is 0 Å². The molecule has 0 heterocycles. The summed E-state index contributed by atoms with van der Waals surface area (Å²) in [6.07, 6.45) is 2.08. The van der Waals surface area contributed by atoms with E-state index in [-0.39, 0.29) is 10.8 Å². The molecule has 0 saturated carbocycles. The molecule has 0 spiro atoms. The Morgan fingerprint density at radius 2 is 1.67 bits per heavy atom. The van der Waals surface area contributed by atoms with Crippen molar-refractivity contribution in [1.82, 2.24) is 0 Å². The third-order valence-corrected chi connectivity index (χ3v) is 4.31. The zero-order valence-corrected chi connectivity index (χ0v) is 12.2. The van der Waals surface area contributed by atoms with Crippen LogP contribution < -0.4 is 0 Å². The Hall–Kier alpha value is -1.01. The van der Waals surface area contributed by atoms with Crippen molar-refractivity contribution >= 4 is 22.4 Å². The number of alkyl halides is 1. The summed E-state index contributed by atoms with van der Waals surface area (Å²) in [7, 11) is 0. The lowest BCUT2D eigenvalue weighted by Gasteiger charge is -2.25. The molecule has 0 aromatic heterocycles. The summed E-state index contributed by atoms with van der Waals surface area (Å²) in [5.74, 6) is 0. The number of benzene rings is 2. The Labute approximate surface area is 115 Å². The van der Waals surface area contributed by atoms with Crippen LogP contribution in [0.2, 0.25) is 0 Å². The van der Waals surface area contributed by atoms with Gasteiger partial charge < -0.3 is 0 Å². The van der Waals surface area contributed by atoms with Crippen molar-refractivity contribution in [1.29, 1.82) is 0 Å². The van der Waals surface area contributed by atoms with Crippen LogP contribution in [0, 0.1) is 5.41 Å². The Balaban J connectivity index is 2.08. The fourth-order valence-corrected chi connectivity index (χ4v) is 2.23. The summed E-state index contributed by atoms with van der Waals surface area (Å²) >= 11 is 6.43. The van der Waals surface area contributed by atoms with Gasteiger partial charge in [-0.15, -0.1) is 11.6 Å².